The minimum absolute atomic E-state index is 0.342. The molecule has 1 saturated heterocycles. The van der Waals surface area contributed by atoms with Gasteiger partial charge < -0.3 is 15.3 Å². The first-order valence-electron chi connectivity index (χ1n) is 6.71. The van der Waals surface area contributed by atoms with E-state index in [0.717, 1.165) is 5.56 Å². The maximum Gasteiger partial charge on any atom is 0.0938 e. The van der Waals surface area contributed by atoms with Crippen LogP contribution in [0.4, 0.5) is 0 Å². The normalized spacial score (nSPS) is 26.6. The number of β-amino-alcohol motifs (C(OH)–C–C–N with tert-alkyl or cyclic N) is 2. The Labute approximate surface area is 114 Å². The molecule has 1 aliphatic heterocycles. The predicted molar refractivity (Wildman–Crippen MR) is 73.6 cm³/mol. The second kappa shape index (κ2) is 5.59. The number of rotatable bonds is 4. The molecule has 1 aromatic carbocycles. The second-order valence-electron chi connectivity index (χ2n) is 6.13. The van der Waals surface area contributed by atoms with E-state index in [2.05, 4.69) is 0 Å². The van der Waals surface area contributed by atoms with Gasteiger partial charge in [-0.1, -0.05) is 44.2 Å². The average Bonchev–Trinajstić information content (AvgIpc) is 2.67. The Hall–Kier alpha value is -0.940. The number of aliphatic hydroxyl groups excluding tert-OH is 3. The van der Waals surface area contributed by atoms with Crippen LogP contribution in [0.15, 0.2) is 30.3 Å². The van der Waals surface area contributed by atoms with E-state index in [0.29, 0.717) is 19.6 Å². The quantitative estimate of drug-likeness (QED) is 0.753. The molecule has 0 aromatic heterocycles. The van der Waals surface area contributed by atoms with Crippen molar-refractivity contribution in [2.75, 3.05) is 19.6 Å². The van der Waals surface area contributed by atoms with Crippen molar-refractivity contribution in [2.45, 2.75) is 32.2 Å². The Morgan fingerprint density at radius 1 is 1.16 bits per heavy atom. The molecule has 3 atom stereocenters. The third kappa shape index (κ3) is 3.34. The molecule has 1 fully saturated rings. The van der Waals surface area contributed by atoms with E-state index in [9.17, 15) is 15.3 Å². The van der Waals surface area contributed by atoms with E-state index in [4.69, 9.17) is 0 Å². The first kappa shape index (κ1) is 14.5. The number of hydrogen-bond acceptors (Lipinski definition) is 4. The van der Waals surface area contributed by atoms with Crippen LogP contribution >= 0.6 is 0 Å². The fraction of sp³-hybridized carbons (Fsp3) is 0.600. The molecule has 0 saturated carbocycles. The summed E-state index contributed by atoms with van der Waals surface area (Å²) in [5.41, 5.74) is 0.554. The van der Waals surface area contributed by atoms with E-state index in [1.54, 1.807) is 0 Å². The second-order valence-corrected chi connectivity index (χ2v) is 6.13. The van der Waals surface area contributed by atoms with Gasteiger partial charge in [0, 0.05) is 25.0 Å². The third-order valence-corrected chi connectivity index (χ3v) is 3.82. The molecular weight excluding hydrogens is 242 g/mol. The van der Waals surface area contributed by atoms with Crippen LogP contribution in [-0.4, -0.2) is 52.1 Å². The van der Waals surface area contributed by atoms with Gasteiger partial charge in [-0.25, -0.2) is 0 Å². The zero-order valence-corrected chi connectivity index (χ0v) is 11.5. The highest BCUT2D eigenvalue weighted by Crippen LogP contribution is 2.34. The van der Waals surface area contributed by atoms with Crippen LogP contribution in [0.1, 0.15) is 25.5 Å². The molecule has 3 unspecified atom stereocenters. The molecule has 0 spiro atoms. The lowest BCUT2D eigenvalue weighted by molar-refractivity contribution is 0.0224. The van der Waals surface area contributed by atoms with Gasteiger partial charge >= 0.3 is 0 Å². The van der Waals surface area contributed by atoms with E-state index < -0.39 is 18.3 Å². The molecule has 0 bridgehead atoms. The van der Waals surface area contributed by atoms with Crippen molar-refractivity contribution in [3.05, 3.63) is 35.9 Å². The summed E-state index contributed by atoms with van der Waals surface area (Å²) in [6.45, 7) is 5.57. The first-order chi connectivity index (χ1) is 8.90. The number of hydrogen-bond donors (Lipinski definition) is 3. The SMILES string of the molecule is CC(C)(CN1CC(O)C(O)C1)C(O)c1ccccc1. The molecule has 0 radical (unpaired) electrons. The molecular formula is C15H23NO3. The van der Waals surface area contributed by atoms with Gasteiger partial charge in [0.25, 0.3) is 0 Å². The van der Waals surface area contributed by atoms with Gasteiger partial charge in [-0.15, -0.1) is 0 Å². The number of benzene rings is 1. The van der Waals surface area contributed by atoms with Gasteiger partial charge in [0.15, 0.2) is 0 Å². The van der Waals surface area contributed by atoms with Crippen LogP contribution in [0.25, 0.3) is 0 Å². The Morgan fingerprint density at radius 3 is 2.21 bits per heavy atom. The highest BCUT2D eigenvalue weighted by molar-refractivity contribution is 5.19. The topological polar surface area (TPSA) is 63.9 Å². The average molecular weight is 265 g/mol. The molecule has 3 N–H and O–H groups in total. The molecule has 0 amide bonds. The first-order valence-corrected chi connectivity index (χ1v) is 6.71. The number of nitrogens with zero attached hydrogens (tertiary/aromatic N) is 1. The monoisotopic (exact) mass is 265 g/mol. The molecule has 0 aliphatic carbocycles. The van der Waals surface area contributed by atoms with Crippen LogP contribution in [0.3, 0.4) is 0 Å². The molecule has 2 rings (SSSR count). The molecule has 19 heavy (non-hydrogen) atoms. The molecule has 1 aromatic rings. The zero-order valence-electron chi connectivity index (χ0n) is 11.5. The Bertz CT molecular complexity index is 397. The van der Waals surface area contributed by atoms with Crippen molar-refractivity contribution in [3.8, 4) is 0 Å². The molecule has 1 heterocycles. The third-order valence-electron chi connectivity index (χ3n) is 3.82. The van der Waals surface area contributed by atoms with Gasteiger partial charge in [-0.05, 0) is 5.56 Å². The van der Waals surface area contributed by atoms with Crippen LogP contribution in [0, 0.1) is 5.41 Å². The maximum atomic E-state index is 10.5. The van der Waals surface area contributed by atoms with Crippen molar-refractivity contribution in [3.63, 3.8) is 0 Å². The fourth-order valence-electron chi connectivity index (χ4n) is 2.73. The zero-order chi connectivity index (χ0) is 14.0. The van der Waals surface area contributed by atoms with Gasteiger partial charge in [-0.3, -0.25) is 4.90 Å². The van der Waals surface area contributed by atoms with Gasteiger partial charge in [0.1, 0.15) is 0 Å². The lowest BCUT2D eigenvalue weighted by atomic mass is 9.82. The number of likely N-dealkylation sites (tertiary alicyclic amines) is 1. The molecule has 106 valence electrons. The number of aliphatic hydroxyl groups is 3. The van der Waals surface area contributed by atoms with Crippen molar-refractivity contribution < 1.29 is 15.3 Å². The smallest absolute Gasteiger partial charge is 0.0938 e. The van der Waals surface area contributed by atoms with Gasteiger partial charge in [0.05, 0.1) is 18.3 Å². The molecule has 4 nitrogen and oxygen atoms in total. The maximum absolute atomic E-state index is 10.5. The van der Waals surface area contributed by atoms with Gasteiger partial charge in [0.2, 0.25) is 0 Å². The minimum Gasteiger partial charge on any atom is -0.389 e. The predicted octanol–water partition coefficient (Wildman–Crippen LogP) is 0.784. The Balaban J connectivity index is 2.02. The summed E-state index contributed by atoms with van der Waals surface area (Å²) in [6.07, 6.45) is -1.92. The summed E-state index contributed by atoms with van der Waals surface area (Å²) in [5, 5.41) is 29.6. The van der Waals surface area contributed by atoms with Crippen LogP contribution in [0.2, 0.25) is 0 Å². The summed E-state index contributed by atoms with van der Waals surface area (Å²) in [6, 6.07) is 9.59. The highest BCUT2D eigenvalue weighted by Gasteiger charge is 2.36. The minimum atomic E-state index is -0.676. The summed E-state index contributed by atoms with van der Waals surface area (Å²) in [7, 11) is 0. The summed E-state index contributed by atoms with van der Waals surface area (Å²) in [4.78, 5) is 2.00. The van der Waals surface area contributed by atoms with E-state index in [1.807, 2.05) is 49.1 Å². The van der Waals surface area contributed by atoms with Gasteiger partial charge in [-0.2, -0.15) is 0 Å². The van der Waals surface area contributed by atoms with E-state index in [-0.39, 0.29) is 5.41 Å². The van der Waals surface area contributed by atoms with Crippen molar-refractivity contribution in [1.29, 1.82) is 0 Å². The standard InChI is InChI=1S/C15H23NO3/c1-15(2,10-16-8-12(17)13(18)9-16)14(19)11-6-4-3-5-7-11/h3-7,12-14,17-19H,8-10H2,1-2H3. The molecule has 1 aliphatic rings. The van der Waals surface area contributed by atoms with Crippen LogP contribution in [0.5, 0.6) is 0 Å². The lowest BCUT2D eigenvalue weighted by Crippen LogP contribution is -2.37. The van der Waals surface area contributed by atoms with Crippen molar-refractivity contribution in [2.24, 2.45) is 5.41 Å². The van der Waals surface area contributed by atoms with Crippen molar-refractivity contribution >= 4 is 0 Å². The largest absolute Gasteiger partial charge is 0.389 e. The fourth-order valence-corrected chi connectivity index (χ4v) is 2.73. The van der Waals surface area contributed by atoms with E-state index in [1.165, 1.54) is 0 Å². The Morgan fingerprint density at radius 2 is 1.68 bits per heavy atom. The van der Waals surface area contributed by atoms with Crippen LogP contribution in [-0.2, 0) is 0 Å². The lowest BCUT2D eigenvalue weighted by Gasteiger charge is -2.34. The summed E-state index contributed by atoms with van der Waals surface area (Å²) < 4.78 is 0. The highest BCUT2D eigenvalue weighted by atomic mass is 16.3. The summed E-state index contributed by atoms with van der Waals surface area (Å²) in [5.74, 6) is 0. The molecule has 4 heteroatoms. The van der Waals surface area contributed by atoms with E-state index >= 15 is 0 Å². The van der Waals surface area contributed by atoms with Crippen LogP contribution < -0.4 is 0 Å². The summed E-state index contributed by atoms with van der Waals surface area (Å²) >= 11 is 0. The Kier molecular flexibility index (Phi) is 4.26. The van der Waals surface area contributed by atoms with Crippen molar-refractivity contribution in [1.82, 2.24) is 4.90 Å².